The second kappa shape index (κ2) is 9.90. The Kier molecular flexibility index (Phi) is 6.34. The number of hydrogen-bond acceptors (Lipinski definition) is 6. The fourth-order valence-electron chi connectivity index (χ4n) is 4.13. The van der Waals surface area contributed by atoms with Gasteiger partial charge in [0.2, 0.25) is 5.43 Å². The van der Waals surface area contributed by atoms with Crippen molar-refractivity contribution in [2.24, 2.45) is 5.73 Å². The molecule has 37 heavy (non-hydrogen) atoms. The number of carbonyl (C=O) groups excluding carboxylic acids is 1. The Bertz CT molecular complexity index is 1690. The highest BCUT2D eigenvalue weighted by molar-refractivity contribution is 5.94. The normalized spacial score (nSPS) is 10.9. The largest absolute Gasteiger partial charge is 0.454 e. The van der Waals surface area contributed by atoms with Gasteiger partial charge in [-0.1, -0.05) is 37.3 Å². The number of carbonyl (C=O) groups is 1. The monoisotopic (exact) mass is 495 g/mol. The molecule has 5 aromatic rings. The molecule has 0 unspecified atom stereocenters. The van der Waals surface area contributed by atoms with E-state index in [4.69, 9.17) is 10.5 Å². The highest BCUT2D eigenvalue weighted by atomic mass is 19.1. The Morgan fingerprint density at radius 2 is 1.84 bits per heavy atom. The van der Waals surface area contributed by atoms with Crippen LogP contribution in [0.25, 0.3) is 22.0 Å². The van der Waals surface area contributed by atoms with Crippen LogP contribution in [0.1, 0.15) is 23.0 Å². The number of nitrogens with zero attached hydrogens (tertiary/aromatic N) is 2. The smallest absolute Gasteiger partial charge is 0.267 e. The maximum Gasteiger partial charge on any atom is 0.267 e. The van der Waals surface area contributed by atoms with Crippen LogP contribution in [-0.2, 0) is 6.42 Å². The second-order valence-electron chi connectivity index (χ2n) is 8.21. The highest BCUT2D eigenvalue weighted by Crippen LogP contribution is 2.31. The molecule has 0 aliphatic rings. The SMILES string of the molecule is CCc1c(Oc2ccc(Nc3nccc4[nH]cc(-c5ccccc5)c(=O)c34)cc2F)ccnc1C(N)=O. The van der Waals surface area contributed by atoms with Crippen LogP contribution in [0, 0.1) is 5.82 Å². The highest BCUT2D eigenvalue weighted by Gasteiger charge is 2.17. The molecule has 0 saturated carbocycles. The first-order valence-electron chi connectivity index (χ1n) is 11.5. The van der Waals surface area contributed by atoms with Gasteiger partial charge in [-0.05, 0) is 36.2 Å². The Morgan fingerprint density at radius 1 is 1.05 bits per heavy atom. The fourth-order valence-corrected chi connectivity index (χ4v) is 4.13. The molecule has 4 N–H and O–H groups in total. The number of ether oxygens (including phenoxy) is 1. The lowest BCUT2D eigenvalue weighted by Gasteiger charge is -2.14. The zero-order valence-corrected chi connectivity index (χ0v) is 19.8. The summed E-state index contributed by atoms with van der Waals surface area (Å²) in [6.45, 7) is 1.82. The molecule has 0 saturated heterocycles. The molecule has 3 heterocycles. The summed E-state index contributed by atoms with van der Waals surface area (Å²) in [4.78, 5) is 36.5. The molecule has 2 aromatic carbocycles. The number of amides is 1. The molecule has 0 radical (unpaired) electrons. The third kappa shape index (κ3) is 4.62. The Morgan fingerprint density at radius 3 is 2.57 bits per heavy atom. The van der Waals surface area contributed by atoms with Crippen LogP contribution in [0.5, 0.6) is 11.5 Å². The van der Waals surface area contributed by atoms with E-state index in [9.17, 15) is 9.59 Å². The number of hydrogen-bond donors (Lipinski definition) is 3. The molecular weight excluding hydrogens is 473 g/mol. The zero-order chi connectivity index (χ0) is 25.9. The maximum absolute atomic E-state index is 15.1. The zero-order valence-electron chi connectivity index (χ0n) is 19.8. The first-order valence-corrected chi connectivity index (χ1v) is 11.5. The summed E-state index contributed by atoms with van der Waals surface area (Å²) in [6, 6.07) is 16.9. The van der Waals surface area contributed by atoms with E-state index >= 15 is 4.39 Å². The molecular formula is C28H22FN5O3. The van der Waals surface area contributed by atoms with E-state index in [-0.39, 0.29) is 22.7 Å². The Hall–Kier alpha value is -5.05. The van der Waals surface area contributed by atoms with Crippen LogP contribution in [0.2, 0.25) is 0 Å². The second-order valence-corrected chi connectivity index (χ2v) is 8.21. The van der Waals surface area contributed by atoms with Gasteiger partial charge in [0.15, 0.2) is 11.6 Å². The van der Waals surface area contributed by atoms with E-state index in [2.05, 4.69) is 20.3 Å². The van der Waals surface area contributed by atoms with Gasteiger partial charge in [0.25, 0.3) is 5.91 Å². The van der Waals surface area contributed by atoms with Crippen LogP contribution >= 0.6 is 0 Å². The lowest BCUT2D eigenvalue weighted by molar-refractivity contribution is 0.0994. The van der Waals surface area contributed by atoms with Crippen LogP contribution in [-0.4, -0.2) is 20.9 Å². The molecule has 0 fully saturated rings. The minimum absolute atomic E-state index is 0.0445. The van der Waals surface area contributed by atoms with Crippen molar-refractivity contribution < 1.29 is 13.9 Å². The molecule has 184 valence electrons. The minimum atomic E-state index is -0.685. The number of aromatic amines is 1. The first kappa shape index (κ1) is 23.7. The molecule has 0 bridgehead atoms. The van der Waals surface area contributed by atoms with Crippen molar-refractivity contribution in [1.29, 1.82) is 0 Å². The Labute approximate surface area is 211 Å². The van der Waals surface area contributed by atoms with Crippen molar-refractivity contribution in [1.82, 2.24) is 15.0 Å². The van der Waals surface area contributed by atoms with Gasteiger partial charge >= 0.3 is 0 Å². The van der Waals surface area contributed by atoms with E-state index in [1.807, 2.05) is 37.3 Å². The predicted octanol–water partition coefficient (Wildman–Crippen LogP) is 5.32. The number of H-pyrrole nitrogens is 1. The molecule has 0 spiro atoms. The third-order valence-corrected chi connectivity index (χ3v) is 5.89. The summed E-state index contributed by atoms with van der Waals surface area (Å²) < 4.78 is 20.8. The minimum Gasteiger partial charge on any atom is -0.454 e. The number of primary amides is 1. The number of nitrogens with two attached hydrogens (primary N) is 1. The average Bonchev–Trinajstić information content (AvgIpc) is 2.91. The van der Waals surface area contributed by atoms with Crippen molar-refractivity contribution in [3.63, 3.8) is 0 Å². The number of rotatable bonds is 7. The number of aromatic nitrogens is 3. The standard InChI is InChI=1S/C28H22FN5O3/c1-2-18-22(11-13-31-25(18)27(30)36)37-23-9-8-17(14-20(23)29)34-28-24-21(10-12-32-28)33-15-19(26(24)35)16-6-4-3-5-7-16/h3-15H,2H2,1H3,(H2,30,36)(H,32,34)(H,33,35). The van der Waals surface area contributed by atoms with Gasteiger partial charge in [0.05, 0.1) is 10.9 Å². The van der Waals surface area contributed by atoms with Crippen molar-refractivity contribution in [3.8, 4) is 22.6 Å². The molecule has 0 aliphatic carbocycles. The van der Waals surface area contributed by atoms with E-state index in [1.54, 1.807) is 30.6 Å². The van der Waals surface area contributed by atoms with E-state index in [0.29, 0.717) is 39.9 Å². The van der Waals surface area contributed by atoms with E-state index in [0.717, 1.165) is 5.56 Å². The summed E-state index contributed by atoms with van der Waals surface area (Å²) in [5.41, 5.74) is 8.01. The van der Waals surface area contributed by atoms with Gasteiger partial charge in [-0.25, -0.2) is 9.37 Å². The Balaban J connectivity index is 1.48. The van der Waals surface area contributed by atoms with Gasteiger partial charge in [0, 0.05) is 41.5 Å². The fraction of sp³-hybridized carbons (Fsp3) is 0.0714. The number of halogens is 1. The average molecular weight is 496 g/mol. The summed E-state index contributed by atoms with van der Waals surface area (Å²) in [5.74, 6) is -0.796. The lowest BCUT2D eigenvalue weighted by Crippen LogP contribution is -2.16. The molecule has 3 aromatic heterocycles. The topological polar surface area (TPSA) is 123 Å². The van der Waals surface area contributed by atoms with Gasteiger partial charge in [0.1, 0.15) is 17.3 Å². The predicted molar refractivity (Wildman–Crippen MR) is 140 cm³/mol. The molecule has 8 nitrogen and oxygen atoms in total. The van der Waals surface area contributed by atoms with E-state index < -0.39 is 11.7 Å². The lowest BCUT2D eigenvalue weighted by atomic mass is 10.1. The number of pyridine rings is 3. The van der Waals surface area contributed by atoms with Crippen molar-refractivity contribution >= 4 is 28.3 Å². The van der Waals surface area contributed by atoms with Gasteiger partial charge in [-0.3, -0.25) is 14.6 Å². The molecule has 5 rings (SSSR count). The van der Waals surface area contributed by atoms with Gasteiger partial charge < -0.3 is 20.8 Å². The third-order valence-electron chi connectivity index (χ3n) is 5.89. The van der Waals surface area contributed by atoms with Crippen LogP contribution in [0.15, 0.2) is 84.0 Å². The van der Waals surface area contributed by atoms with Gasteiger partial charge in [-0.15, -0.1) is 0 Å². The van der Waals surface area contributed by atoms with Gasteiger partial charge in [-0.2, -0.15) is 0 Å². The maximum atomic E-state index is 15.1. The summed E-state index contributed by atoms with van der Waals surface area (Å²) >= 11 is 0. The molecule has 1 amide bonds. The quantitative estimate of drug-likeness (QED) is 0.281. The van der Waals surface area contributed by atoms with Crippen molar-refractivity contribution in [3.05, 3.63) is 107 Å². The van der Waals surface area contributed by atoms with Crippen molar-refractivity contribution in [2.75, 3.05) is 5.32 Å². The number of benzene rings is 2. The molecule has 9 heteroatoms. The van der Waals surface area contributed by atoms with Crippen LogP contribution in [0.3, 0.4) is 0 Å². The number of anilines is 2. The van der Waals surface area contributed by atoms with Crippen LogP contribution in [0.4, 0.5) is 15.9 Å². The van der Waals surface area contributed by atoms with Crippen LogP contribution < -0.4 is 21.2 Å². The summed E-state index contributed by atoms with van der Waals surface area (Å²) in [7, 11) is 0. The number of fused-ring (bicyclic) bond motifs is 1. The first-order chi connectivity index (χ1) is 18.0. The summed E-state index contributed by atoms with van der Waals surface area (Å²) in [6.07, 6.45) is 5.04. The number of nitrogens with one attached hydrogen (secondary N) is 2. The summed E-state index contributed by atoms with van der Waals surface area (Å²) in [5, 5.41) is 3.40. The van der Waals surface area contributed by atoms with E-state index in [1.165, 1.54) is 18.3 Å². The molecule has 0 atom stereocenters. The molecule has 0 aliphatic heterocycles. The van der Waals surface area contributed by atoms with Crippen molar-refractivity contribution in [2.45, 2.75) is 13.3 Å².